The number of nitrogens with one attached hydrogen (secondary N) is 1. The molecule has 0 amide bonds. The highest BCUT2D eigenvalue weighted by atomic mass is 16.5. The van der Waals surface area contributed by atoms with E-state index < -0.39 is 0 Å². The van der Waals surface area contributed by atoms with Gasteiger partial charge in [0.1, 0.15) is 5.75 Å². The van der Waals surface area contributed by atoms with E-state index in [1.165, 1.54) is 5.56 Å². The molecule has 86 valence electrons. The molecule has 0 aliphatic rings. The monoisotopic (exact) mass is 217 g/mol. The smallest absolute Gasteiger partial charge is 0.118 e. The summed E-state index contributed by atoms with van der Waals surface area (Å²) in [4.78, 5) is 0. The van der Waals surface area contributed by atoms with E-state index in [1.54, 1.807) is 7.11 Å². The van der Waals surface area contributed by atoms with Gasteiger partial charge in [-0.3, -0.25) is 0 Å². The minimum atomic E-state index is 0.446. The Bertz CT molecular complexity index is 337. The standard InChI is InChI=1S/C14H19NO/c1-4-5-10-15-12(2)11-13-6-8-14(16-3)9-7-13/h1,6-9,12,15H,5,10-11H2,2-3H3. The van der Waals surface area contributed by atoms with Gasteiger partial charge in [-0.05, 0) is 31.0 Å². The van der Waals surface area contributed by atoms with E-state index in [-0.39, 0.29) is 0 Å². The summed E-state index contributed by atoms with van der Waals surface area (Å²) in [6, 6.07) is 8.62. The first kappa shape index (κ1) is 12.6. The summed E-state index contributed by atoms with van der Waals surface area (Å²) in [7, 11) is 1.68. The molecule has 1 rings (SSSR count). The Morgan fingerprint density at radius 2 is 2.06 bits per heavy atom. The molecule has 0 radical (unpaired) electrons. The first-order valence-corrected chi connectivity index (χ1v) is 5.56. The molecule has 2 heteroatoms. The van der Waals surface area contributed by atoms with Crippen molar-refractivity contribution in [3.8, 4) is 18.1 Å². The Labute approximate surface area is 98.0 Å². The van der Waals surface area contributed by atoms with Gasteiger partial charge in [0.25, 0.3) is 0 Å². The predicted octanol–water partition coefficient (Wildman–Crippen LogP) is 2.24. The van der Waals surface area contributed by atoms with Crippen molar-refractivity contribution in [2.45, 2.75) is 25.8 Å². The van der Waals surface area contributed by atoms with Crippen molar-refractivity contribution < 1.29 is 4.74 Å². The second-order valence-electron chi connectivity index (χ2n) is 3.86. The average Bonchev–Trinajstić information content (AvgIpc) is 2.30. The van der Waals surface area contributed by atoms with Gasteiger partial charge in [0.15, 0.2) is 0 Å². The number of hydrogen-bond acceptors (Lipinski definition) is 2. The molecule has 1 aromatic carbocycles. The molecule has 0 heterocycles. The molecule has 1 N–H and O–H groups in total. The zero-order valence-corrected chi connectivity index (χ0v) is 9.99. The van der Waals surface area contributed by atoms with Crippen molar-refractivity contribution in [1.82, 2.24) is 5.32 Å². The van der Waals surface area contributed by atoms with Crippen LogP contribution in [0.5, 0.6) is 5.75 Å². The van der Waals surface area contributed by atoms with E-state index in [0.29, 0.717) is 6.04 Å². The summed E-state index contributed by atoms with van der Waals surface area (Å²) in [6.07, 6.45) is 6.99. The fraction of sp³-hybridized carbons (Fsp3) is 0.429. The third-order valence-electron chi connectivity index (χ3n) is 2.46. The predicted molar refractivity (Wildman–Crippen MR) is 67.6 cm³/mol. The lowest BCUT2D eigenvalue weighted by Gasteiger charge is -2.13. The van der Waals surface area contributed by atoms with Crippen LogP contribution in [-0.2, 0) is 6.42 Å². The maximum Gasteiger partial charge on any atom is 0.118 e. The van der Waals surface area contributed by atoms with Gasteiger partial charge in [0.05, 0.1) is 7.11 Å². The van der Waals surface area contributed by atoms with Crippen LogP contribution >= 0.6 is 0 Å². The third-order valence-corrected chi connectivity index (χ3v) is 2.46. The van der Waals surface area contributed by atoms with E-state index in [9.17, 15) is 0 Å². The van der Waals surface area contributed by atoms with Crippen LogP contribution in [0.15, 0.2) is 24.3 Å². The average molecular weight is 217 g/mol. The molecule has 0 aliphatic heterocycles. The molecule has 0 saturated carbocycles. The molecule has 2 nitrogen and oxygen atoms in total. The van der Waals surface area contributed by atoms with Crippen molar-refractivity contribution in [2.24, 2.45) is 0 Å². The Morgan fingerprint density at radius 1 is 1.38 bits per heavy atom. The quantitative estimate of drug-likeness (QED) is 0.583. The zero-order valence-electron chi connectivity index (χ0n) is 9.99. The number of ether oxygens (including phenoxy) is 1. The number of methoxy groups -OCH3 is 1. The molecule has 0 fully saturated rings. The molecular formula is C14H19NO. The van der Waals surface area contributed by atoms with Crippen molar-refractivity contribution in [3.63, 3.8) is 0 Å². The van der Waals surface area contributed by atoms with Crippen LogP contribution in [0.3, 0.4) is 0 Å². The number of rotatable bonds is 6. The van der Waals surface area contributed by atoms with Gasteiger partial charge in [-0.2, -0.15) is 0 Å². The first-order chi connectivity index (χ1) is 7.76. The number of hydrogen-bond donors (Lipinski definition) is 1. The number of benzene rings is 1. The van der Waals surface area contributed by atoms with Gasteiger partial charge >= 0.3 is 0 Å². The normalized spacial score (nSPS) is 11.8. The summed E-state index contributed by atoms with van der Waals surface area (Å²) in [6.45, 7) is 3.05. The van der Waals surface area contributed by atoms with Gasteiger partial charge in [0, 0.05) is 19.0 Å². The lowest BCUT2D eigenvalue weighted by Crippen LogP contribution is -2.28. The third kappa shape index (κ3) is 4.37. The van der Waals surface area contributed by atoms with Crippen LogP contribution in [0.4, 0.5) is 0 Å². The highest BCUT2D eigenvalue weighted by molar-refractivity contribution is 5.27. The van der Waals surface area contributed by atoms with Gasteiger partial charge in [-0.25, -0.2) is 0 Å². The van der Waals surface area contributed by atoms with Gasteiger partial charge in [0.2, 0.25) is 0 Å². The largest absolute Gasteiger partial charge is 0.497 e. The molecule has 0 saturated heterocycles. The second-order valence-corrected chi connectivity index (χ2v) is 3.86. The lowest BCUT2D eigenvalue weighted by molar-refractivity contribution is 0.414. The van der Waals surface area contributed by atoms with Crippen molar-refractivity contribution in [2.75, 3.05) is 13.7 Å². The van der Waals surface area contributed by atoms with Crippen LogP contribution in [0, 0.1) is 12.3 Å². The highest BCUT2D eigenvalue weighted by Gasteiger charge is 2.02. The van der Waals surface area contributed by atoms with Crippen LogP contribution in [0.25, 0.3) is 0 Å². The van der Waals surface area contributed by atoms with Crippen LogP contribution in [-0.4, -0.2) is 19.7 Å². The van der Waals surface area contributed by atoms with E-state index >= 15 is 0 Å². The van der Waals surface area contributed by atoms with E-state index in [2.05, 4.69) is 30.3 Å². The van der Waals surface area contributed by atoms with Gasteiger partial charge in [-0.1, -0.05) is 12.1 Å². The van der Waals surface area contributed by atoms with Crippen molar-refractivity contribution in [1.29, 1.82) is 0 Å². The van der Waals surface area contributed by atoms with Crippen LogP contribution in [0.1, 0.15) is 18.9 Å². The van der Waals surface area contributed by atoms with Crippen molar-refractivity contribution >= 4 is 0 Å². The fourth-order valence-electron chi connectivity index (χ4n) is 1.58. The Kier molecular flexibility index (Phi) is 5.45. The summed E-state index contributed by atoms with van der Waals surface area (Å²) >= 11 is 0. The molecule has 1 aromatic rings. The number of terminal acetylenes is 1. The summed E-state index contributed by atoms with van der Waals surface area (Å²) < 4.78 is 5.12. The van der Waals surface area contributed by atoms with E-state index in [4.69, 9.17) is 11.2 Å². The minimum Gasteiger partial charge on any atom is -0.497 e. The maximum atomic E-state index is 5.20. The Balaban J connectivity index is 2.37. The Hall–Kier alpha value is -1.46. The molecule has 1 atom stereocenters. The highest BCUT2D eigenvalue weighted by Crippen LogP contribution is 2.12. The molecule has 1 unspecified atom stereocenters. The molecule has 0 aromatic heterocycles. The molecule has 16 heavy (non-hydrogen) atoms. The molecule has 0 bridgehead atoms. The van der Waals surface area contributed by atoms with Crippen molar-refractivity contribution in [3.05, 3.63) is 29.8 Å². The summed E-state index contributed by atoms with van der Waals surface area (Å²) in [5, 5.41) is 3.39. The fourth-order valence-corrected chi connectivity index (χ4v) is 1.58. The molecule has 0 spiro atoms. The zero-order chi connectivity index (χ0) is 11.8. The minimum absolute atomic E-state index is 0.446. The van der Waals surface area contributed by atoms with Crippen LogP contribution in [0.2, 0.25) is 0 Å². The summed E-state index contributed by atoms with van der Waals surface area (Å²) in [5.41, 5.74) is 1.31. The topological polar surface area (TPSA) is 21.3 Å². The second kappa shape index (κ2) is 6.92. The van der Waals surface area contributed by atoms with E-state index in [0.717, 1.165) is 25.1 Å². The first-order valence-electron chi connectivity index (χ1n) is 5.56. The Morgan fingerprint density at radius 3 is 2.62 bits per heavy atom. The maximum absolute atomic E-state index is 5.20. The van der Waals surface area contributed by atoms with Gasteiger partial charge in [-0.15, -0.1) is 12.3 Å². The van der Waals surface area contributed by atoms with E-state index in [1.807, 2.05) is 12.1 Å². The SMILES string of the molecule is C#CCCNC(C)Cc1ccc(OC)cc1. The lowest BCUT2D eigenvalue weighted by atomic mass is 10.1. The molecular weight excluding hydrogens is 198 g/mol. The molecule has 0 aliphatic carbocycles. The van der Waals surface area contributed by atoms with Gasteiger partial charge < -0.3 is 10.1 Å². The summed E-state index contributed by atoms with van der Waals surface area (Å²) in [5.74, 6) is 3.52. The van der Waals surface area contributed by atoms with Crippen LogP contribution < -0.4 is 10.1 Å².